The van der Waals surface area contributed by atoms with E-state index in [0.29, 0.717) is 5.70 Å². The van der Waals surface area contributed by atoms with Gasteiger partial charge in [0.2, 0.25) is 0 Å². The Bertz CT molecular complexity index is 1230. The number of aryl methyl sites for hydroxylation is 1. The van der Waals surface area contributed by atoms with E-state index in [1.54, 1.807) is 12.4 Å². The standard InChI is InChI=1S/C26H22N4.C2H6/c1-3-4-19-5-7-20(8-6-19)21-9-11-22(12-10-21)26-15-23(18(2)29-17-27)24-16-28-14-13-25(24)30-26;1-2/h5-16,29H,2-4H2,1H3;1-2H3. The second-order valence-corrected chi connectivity index (χ2v) is 7.19. The Labute approximate surface area is 190 Å². The zero-order chi connectivity index (χ0) is 22.9. The van der Waals surface area contributed by atoms with Crippen molar-refractivity contribution in [2.45, 2.75) is 33.6 Å². The molecule has 0 aliphatic heterocycles. The highest BCUT2D eigenvalue weighted by Crippen LogP contribution is 2.29. The summed E-state index contributed by atoms with van der Waals surface area (Å²) in [6, 6.07) is 21.0. The summed E-state index contributed by atoms with van der Waals surface area (Å²) in [6.45, 7) is 10.2. The number of nitrogens with one attached hydrogen (secondary N) is 1. The van der Waals surface area contributed by atoms with Crippen molar-refractivity contribution in [1.82, 2.24) is 15.3 Å². The maximum atomic E-state index is 8.99. The van der Waals surface area contributed by atoms with E-state index in [0.717, 1.165) is 40.6 Å². The van der Waals surface area contributed by atoms with Crippen LogP contribution in [-0.4, -0.2) is 9.97 Å². The molecule has 0 bridgehead atoms. The fourth-order valence-electron chi connectivity index (χ4n) is 3.59. The van der Waals surface area contributed by atoms with Crippen LogP contribution in [0.4, 0.5) is 0 Å². The van der Waals surface area contributed by atoms with E-state index in [1.807, 2.05) is 32.2 Å². The number of nitriles is 1. The lowest BCUT2D eigenvalue weighted by atomic mass is 9.99. The van der Waals surface area contributed by atoms with Gasteiger partial charge < -0.3 is 0 Å². The molecular weight excluding hydrogens is 392 g/mol. The summed E-state index contributed by atoms with van der Waals surface area (Å²) >= 11 is 0. The number of hydrogen-bond donors (Lipinski definition) is 1. The van der Waals surface area contributed by atoms with Crippen LogP contribution >= 0.6 is 0 Å². The topological polar surface area (TPSA) is 61.6 Å². The maximum absolute atomic E-state index is 8.99. The lowest BCUT2D eigenvalue weighted by molar-refractivity contribution is 0.922. The highest BCUT2D eigenvalue weighted by molar-refractivity contribution is 5.92. The summed E-state index contributed by atoms with van der Waals surface area (Å²) in [5, 5.41) is 12.5. The molecule has 4 heteroatoms. The molecule has 2 aromatic heterocycles. The van der Waals surface area contributed by atoms with Crippen molar-refractivity contribution in [1.29, 1.82) is 5.26 Å². The summed E-state index contributed by atoms with van der Waals surface area (Å²) < 4.78 is 0. The first kappa shape index (κ1) is 22.7. The second-order valence-electron chi connectivity index (χ2n) is 7.19. The molecule has 2 aromatic carbocycles. The number of nitrogens with zero attached hydrogens (tertiary/aromatic N) is 3. The molecule has 0 saturated heterocycles. The molecule has 1 N–H and O–H groups in total. The third kappa shape index (κ3) is 5.01. The van der Waals surface area contributed by atoms with Gasteiger partial charge in [-0.05, 0) is 35.2 Å². The van der Waals surface area contributed by atoms with E-state index in [1.165, 1.54) is 16.7 Å². The van der Waals surface area contributed by atoms with E-state index in [9.17, 15) is 0 Å². The van der Waals surface area contributed by atoms with Crippen LogP contribution in [0.5, 0.6) is 0 Å². The van der Waals surface area contributed by atoms with Crippen LogP contribution in [0.1, 0.15) is 38.3 Å². The van der Waals surface area contributed by atoms with Crippen molar-refractivity contribution >= 4 is 16.6 Å². The van der Waals surface area contributed by atoms with Crippen LogP contribution < -0.4 is 5.32 Å². The molecule has 0 spiro atoms. The van der Waals surface area contributed by atoms with Crippen molar-refractivity contribution in [2.75, 3.05) is 0 Å². The van der Waals surface area contributed by atoms with Crippen molar-refractivity contribution in [2.24, 2.45) is 0 Å². The van der Waals surface area contributed by atoms with Crippen LogP contribution in [0.3, 0.4) is 0 Å². The largest absolute Gasteiger partial charge is 0.293 e. The lowest BCUT2D eigenvalue weighted by Gasteiger charge is -2.11. The highest BCUT2D eigenvalue weighted by Gasteiger charge is 2.11. The first-order valence-electron chi connectivity index (χ1n) is 11.0. The predicted molar refractivity (Wildman–Crippen MR) is 134 cm³/mol. The van der Waals surface area contributed by atoms with Gasteiger partial charge in [0, 0.05) is 34.6 Å². The monoisotopic (exact) mass is 420 g/mol. The first-order chi connectivity index (χ1) is 15.7. The Kier molecular flexibility index (Phi) is 7.72. The predicted octanol–water partition coefficient (Wildman–Crippen LogP) is 6.98. The molecule has 0 radical (unpaired) electrons. The fourth-order valence-corrected chi connectivity index (χ4v) is 3.59. The Morgan fingerprint density at radius 1 is 0.969 bits per heavy atom. The van der Waals surface area contributed by atoms with Crippen LogP contribution in [0.2, 0.25) is 0 Å². The Balaban J connectivity index is 0.00000141. The molecule has 0 aliphatic rings. The fraction of sp³-hybridized carbons (Fsp3) is 0.179. The van der Waals surface area contributed by atoms with Gasteiger partial charge in [0.25, 0.3) is 0 Å². The average Bonchev–Trinajstić information content (AvgIpc) is 2.85. The van der Waals surface area contributed by atoms with E-state index in [4.69, 9.17) is 10.2 Å². The summed E-state index contributed by atoms with van der Waals surface area (Å²) in [5.74, 6) is 0. The average molecular weight is 421 g/mol. The molecule has 0 unspecified atom stereocenters. The molecule has 0 atom stereocenters. The maximum Gasteiger partial charge on any atom is 0.181 e. The van der Waals surface area contributed by atoms with Crippen LogP contribution in [0, 0.1) is 11.5 Å². The molecule has 0 amide bonds. The number of aromatic nitrogens is 2. The van der Waals surface area contributed by atoms with E-state index in [2.05, 4.69) is 72.3 Å². The van der Waals surface area contributed by atoms with Gasteiger partial charge >= 0.3 is 0 Å². The third-order valence-electron chi connectivity index (χ3n) is 5.15. The number of fused-ring (bicyclic) bond motifs is 1. The smallest absolute Gasteiger partial charge is 0.181 e. The number of pyridine rings is 2. The Hall–Kier alpha value is -3.97. The normalized spacial score (nSPS) is 10.1. The van der Waals surface area contributed by atoms with E-state index >= 15 is 0 Å². The van der Waals surface area contributed by atoms with Crippen LogP contribution in [0.15, 0.2) is 79.6 Å². The summed E-state index contributed by atoms with van der Waals surface area (Å²) in [5.41, 5.74) is 7.73. The van der Waals surface area contributed by atoms with Gasteiger partial charge in [-0.15, -0.1) is 0 Å². The van der Waals surface area contributed by atoms with Crippen molar-refractivity contribution in [3.05, 3.63) is 90.8 Å². The number of benzene rings is 2. The molecule has 4 aromatic rings. The summed E-state index contributed by atoms with van der Waals surface area (Å²) in [7, 11) is 0. The molecule has 32 heavy (non-hydrogen) atoms. The Morgan fingerprint density at radius 3 is 2.22 bits per heavy atom. The van der Waals surface area contributed by atoms with E-state index in [-0.39, 0.29) is 0 Å². The van der Waals surface area contributed by atoms with Gasteiger partial charge in [-0.25, -0.2) is 4.98 Å². The number of rotatable bonds is 6. The van der Waals surface area contributed by atoms with Gasteiger partial charge in [-0.2, -0.15) is 5.26 Å². The zero-order valence-electron chi connectivity index (χ0n) is 18.9. The third-order valence-corrected chi connectivity index (χ3v) is 5.15. The molecule has 4 nitrogen and oxygen atoms in total. The lowest BCUT2D eigenvalue weighted by Crippen LogP contribution is -2.04. The quantitative estimate of drug-likeness (QED) is 0.270. The minimum Gasteiger partial charge on any atom is -0.293 e. The zero-order valence-corrected chi connectivity index (χ0v) is 18.9. The van der Waals surface area contributed by atoms with Crippen molar-refractivity contribution < 1.29 is 0 Å². The summed E-state index contributed by atoms with van der Waals surface area (Å²) in [4.78, 5) is 8.98. The summed E-state index contributed by atoms with van der Waals surface area (Å²) in [6.07, 6.45) is 7.66. The first-order valence-corrected chi connectivity index (χ1v) is 11.0. The van der Waals surface area contributed by atoms with Gasteiger partial charge in [0.05, 0.1) is 11.2 Å². The van der Waals surface area contributed by atoms with Crippen molar-refractivity contribution in [3.63, 3.8) is 0 Å². The molecule has 0 aliphatic carbocycles. The molecule has 0 saturated carbocycles. The molecule has 4 rings (SSSR count). The van der Waals surface area contributed by atoms with Crippen LogP contribution in [0.25, 0.3) is 39.0 Å². The molecule has 2 heterocycles. The van der Waals surface area contributed by atoms with Crippen molar-refractivity contribution in [3.8, 4) is 28.6 Å². The molecule has 160 valence electrons. The SMILES string of the molecule is C=C(NC#N)c1cc(-c2ccc(-c3ccc(CCC)cc3)cc2)nc2ccncc12.CC. The van der Waals surface area contributed by atoms with Gasteiger partial charge in [0.15, 0.2) is 6.19 Å². The molecular formula is C28H28N4. The highest BCUT2D eigenvalue weighted by atomic mass is 14.9. The number of hydrogen-bond acceptors (Lipinski definition) is 4. The minimum absolute atomic E-state index is 0.530. The van der Waals surface area contributed by atoms with E-state index < -0.39 is 0 Å². The van der Waals surface area contributed by atoms with Gasteiger partial charge in [0.1, 0.15) is 0 Å². The second kappa shape index (κ2) is 10.9. The Morgan fingerprint density at radius 2 is 1.59 bits per heavy atom. The minimum atomic E-state index is 0.530. The van der Waals surface area contributed by atoms with Crippen LogP contribution in [-0.2, 0) is 6.42 Å². The van der Waals surface area contributed by atoms with Gasteiger partial charge in [-0.3, -0.25) is 10.3 Å². The van der Waals surface area contributed by atoms with Gasteiger partial charge in [-0.1, -0.05) is 82.3 Å². The molecule has 0 fully saturated rings.